The van der Waals surface area contributed by atoms with E-state index < -0.39 is 52.6 Å². The molecule has 1 heterocycles. The highest BCUT2D eigenvalue weighted by Gasteiger charge is 2.42. The molecule has 0 aliphatic carbocycles. The van der Waals surface area contributed by atoms with E-state index in [0.717, 1.165) is 25.0 Å². The Hall–Kier alpha value is -2.29. The Morgan fingerprint density at radius 3 is 2.00 bits per heavy atom. The molecule has 0 saturated carbocycles. The van der Waals surface area contributed by atoms with Crippen LogP contribution in [0.2, 0.25) is 0 Å². The zero-order chi connectivity index (χ0) is 21.3. The normalized spacial score (nSPS) is 20.0. The van der Waals surface area contributed by atoms with Crippen molar-refractivity contribution < 1.29 is 40.2 Å². The molecule has 1 aliphatic heterocycles. The molecule has 2 nitrogen and oxygen atoms in total. The number of benzene rings is 2. The molecule has 2 aromatic rings. The van der Waals surface area contributed by atoms with E-state index in [4.69, 9.17) is 4.74 Å². The van der Waals surface area contributed by atoms with Crippen molar-refractivity contribution in [3.63, 3.8) is 0 Å². The third-order valence-electron chi connectivity index (χ3n) is 4.88. The Labute approximate surface area is 162 Å². The molecule has 158 valence electrons. The molecule has 9 heteroatoms. The number of rotatable bonds is 5. The Balaban J connectivity index is 1.86. The van der Waals surface area contributed by atoms with Crippen molar-refractivity contribution in [3.05, 3.63) is 64.5 Å². The first-order valence-corrected chi connectivity index (χ1v) is 8.94. The summed E-state index contributed by atoms with van der Waals surface area (Å²) in [6, 6.07) is 1.74. The first kappa shape index (κ1) is 21.4. The summed E-state index contributed by atoms with van der Waals surface area (Å²) < 4.78 is 106. The highest BCUT2D eigenvalue weighted by molar-refractivity contribution is 5.32. The molecule has 1 saturated heterocycles. The van der Waals surface area contributed by atoms with Crippen molar-refractivity contribution >= 4 is 0 Å². The Morgan fingerprint density at radius 1 is 0.931 bits per heavy atom. The molecule has 0 amide bonds. The molecular weight excluding hydrogens is 405 g/mol. The van der Waals surface area contributed by atoms with E-state index in [2.05, 4.69) is 4.74 Å². The van der Waals surface area contributed by atoms with E-state index in [1.165, 1.54) is 0 Å². The third-order valence-corrected chi connectivity index (χ3v) is 4.88. The maximum absolute atomic E-state index is 14.4. The third kappa shape index (κ3) is 4.49. The number of hydrogen-bond acceptors (Lipinski definition) is 2. The lowest BCUT2D eigenvalue weighted by Gasteiger charge is -2.29. The fourth-order valence-corrected chi connectivity index (χ4v) is 3.24. The van der Waals surface area contributed by atoms with Gasteiger partial charge in [-0.3, -0.25) is 0 Å². The largest absolute Gasteiger partial charge is 0.432 e. The second-order valence-corrected chi connectivity index (χ2v) is 6.85. The predicted molar refractivity (Wildman–Crippen MR) is 88.9 cm³/mol. The summed E-state index contributed by atoms with van der Waals surface area (Å²) in [5.74, 6) is -9.47. The number of alkyl halides is 2. The lowest BCUT2D eigenvalue weighted by atomic mass is 9.92. The van der Waals surface area contributed by atoms with E-state index in [0.29, 0.717) is 18.9 Å². The summed E-state index contributed by atoms with van der Waals surface area (Å²) in [5.41, 5.74) is -1.67. The molecule has 1 fully saturated rings. The van der Waals surface area contributed by atoms with Gasteiger partial charge in [0.1, 0.15) is 22.9 Å². The maximum Gasteiger partial charge on any atom is 0.432 e. The van der Waals surface area contributed by atoms with Gasteiger partial charge in [0.25, 0.3) is 0 Å². The van der Waals surface area contributed by atoms with Gasteiger partial charge in [0.15, 0.2) is 17.5 Å². The molecular formula is C20H17F7O2. The van der Waals surface area contributed by atoms with Crippen molar-refractivity contribution in [1.29, 1.82) is 0 Å². The van der Waals surface area contributed by atoms with Crippen LogP contribution in [0.3, 0.4) is 0 Å². The van der Waals surface area contributed by atoms with E-state index in [-0.39, 0.29) is 17.7 Å². The quantitative estimate of drug-likeness (QED) is 0.411. The van der Waals surface area contributed by atoms with Gasteiger partial charge in [0.05, 0.1) is 12.7 Å². The summed E-state index contributed by atoms with van der Waals surface area (Å²) in [6.07, 6.45) is -3.09. The van der Waals surface area contributed by atoms with Crippen molar-refractivity contribution in [1.82, 2.24) is 0 Å². The van der Waals surface area contributed by atoms with E-state index in [9.17, 15) is 30.7 Å². The lowest BCUT2D eigenvalue weighted by molar-refractivity contribution is -0.189. The van der Waals surface area contributed by atoms with Crippen LogP contribution in [0.4, 0.5) is 30.7 Å². The van der Waals surface area contributed by atoms with Gasteiger partial charge in [-0.2, -0.15) is 8.78 Å². The molecule has 3 rings (SSSR count). The highest BCUT2D eigenvalue weighted by atomic mass is 19.3. The van der Waals surface area contributed by atoms with Crippen LogP contribution >= 0.6 is 0 Å². The van der Waals surface area contributed by atoms with Gasteiger partial charge >= 0.3 is 6.11 Å². The van der Waals surface area contributed by atoms with E-state index >= 15 is 0 Å². The topological polar surface area (TPSA) is 18.5 Å². The molecule has 29 heavy (non-hydrogen) atoms. The summed E-state index contributed by atoms with van der Waals surface area (Å²) in [4.78, 5) is 0. The van der Waals surface area contributed by atoms with Crippen molar-refractivity contribution in [2.75, 3.05) is 6.61 Å². The molecule has 2 aromatic carbocycles. The second-order valence-electron chi connectivity index (χ2n) is 6.85. The standard InChI is InChI=1S/C20H17F7O2/c1-2-10-3-4-17(28-9-10)11-5-13(21)18(14(22)6-11)20(26,27)29-12-7-15(23)19(25)16(24)8-12/h5-8,10,17H,2-4,9H2,1H3. The van der Waals surface area contributed by atoms with Crippen LogP contribution < -0.4 is 4.74 Å². The minimum Gasteiger partial charge on any atom is -0.429 e. The summed E-state index contributed by atoms with van der Waals surface area (Å²) in [7, 11) is 0. The summed E-state index contributed by atoms with van der Waals surface area (Å²) >= 11 is 0. The number of ether oxygens (including phenoxy) is 2. The summed E-state index contributed by atoms with van der Waals surface area (Å²) in [5, 5.41) is 0. The molecule has 1 aliphatic rings. The SMILES string of the molecule is CCC1CCC(c2cc(F)c(C(F)(F)Oc3cc(F)c(F)c(F)c3)c(F)c2)OC1. The van der Waals surface area contributed by atoms with Crippen LogP contribution in [0.15, 0.2) is 24.3 Å². The van der Waals surface area contributed by atoms with Crippen LogP contribution in [0, 0.1) is 35.0 Å². The number of hydrogen-bond donors (Lipinski definition) is 0. The van der Waals surface area contributed by atoms with Crippen molar-refractivity contribution in [2.45, 2.75) is 38.4 Å². The molecule has 2 unspecified atom stereocenters. The Kier molecular flexibility index (Phi) is 6.07. The van der Waals surface area contributed by atoms with Gasteiger partial charge in [-0.25, -0.2) is 22.0 Å². The van der Waals surface area contributed by atoms with E-state index in [1.54, 1.807) is 0 Å². The predicted octanol–water partition coefficient (Wildman–Crippen LogP) is 6.39. The number of halogens is 7. The monoisotopic (exact) mass is 422 g/mol. The maximum atomic E-state index is 14.4. The minimum absolute atomic E-state index is 0.0629. The summed E-state index contributed by atoms with van der Waals surface area (Å²) in [6.45, 7) is 2.39. The van der Waals surface area contributed by atoms with Crippen LogP contribution in [0.5, 0.6) is 5.75 Å². The Bertz CT molecular complexity index is 846. The van der Waals surface area contributed by atoms with Crippen LogP contribution in [-0.4, -0.2) is 6.61 Å². The molecule has 0 spiro atoms. The smallest absolute Gasteiger partial charge is 0.429 e. The van der Waals surface area contributed by atoms with Gasteiger partial charge in [0, 0.05) is 12.1 Å². The van der Waals surface area contributed by atoms with Crippen LogP contribution in [0.25, 0.3) is 0 Å². The molecule has 2 atom stereocenters. The average Bonchev–Trinajstić information content (AvgIpc) is 2.65. The zero-order valence-electron chi connectivity index (χ0n) is 15.3. The second kappa shape index (κ2) is 8.22. The van der Waals surface area contributed by atoms with Crippen LogP contribution in [0.1, 0.15) is 43.4 Å². The van der Waals surface area contributed by atoms with Gasteiger partial charge in [0.2, 0.25) is 0 Å². The molecule has 0 N–H and O–H groups in total. The van der Waals surface area contributed by atoms with Gasteiger partial charge in [-0.15, -0.1) is 0 Å². The molecule has 0 radical (unpaired) electrons. The lowest BCUT2D eigenvalue weighted by Crippen LogP contribution is -2.26. The first-order chi connectivity index (χ1) is 13.6. The van der Waals surface area contributed by atoms with E-state index in [1.807, 2.05) is 6.92 Å². The fourth-order valence-electron chi connectivity index (χ4n) is 3.24. The van der Waals surface area contributed by atoms with Crippen molar-refractivity contribution in [3.8, 4) is 5.75 Å². The molecule has 0 bridgehead atoms. The van der Waals surface area contributed by atoms with Gasteiger partial charge in [-0.1, -0.05) is 13.3 Å². The zero-order valence-corrected chi connectivity index (χ0v) is 15.3. The van der Waals surface area contributed by atoms with Crippen LogP contribution in [-0.2, 0) is 10.8 Å². The van der Waals surface area contributed by atoms with Crippen molar-refractivity contribution in [2.24, 2.45) is 5.92 Å². The first-order valence-electron chi connectivity index (χ1n) is 8.94. The molecule has 0 aromatic heterocycles. The van der Waals surface area contributed by atoms with Gasteiger partial charge < -0.3 is 9.47 Å². The van der Waals surface area contributed by atoms with Gasteiger partial charge in [-0.05, 0) is 36.5 Å². The minimum atomic E-state index is -4.61. The average molecular weight is 422 g/mol. The highest BCUT2D eigenvalue weighted by Crippen LogP contribution is 2.39. The fraction of sp³-hybridized carbons (Fsp3) is 0.400. The Morgan fingerprint density at radius 2 is 1.52 bits per heavy atom.